The standard InChI is InChI=1S/C10H6BrFN4O3/c11-6-2-1-5(3-7(6)12)19-9-8(16(17)18)4-14-10(13)15-9/h1-4H,(H2,13,14,15). The third-order valence-electron chi connectivity index (χ3n) is 2.06. The van der Waals surface area contributed by atoms with Gasteiger partial charge < -0.3 is 10.5 Å². The van der Waals surface area contributed by atoms with E-state index >= 15 is 0 Å². The van der Waals surface area contributed by atoms with Gasteiger partial charge in [-0.1, -0.05) is 0 Å². The third kappa shape index (κ3) is 2.94. The van der Waals surface area contributed by atoms with E-state index in [1.54, 1.807) is 0 Å². The van der Waals surface area contributed by atoms with E-state index in [9.17, 15) is 14.5 Å². The van der Waals surface area contributed by atoms with E-state index in [2.05, 4.69) is 25.9 Å². The zero-order chi connectivity index (χ0) is 14.0. The predicted molar refractivity (Wildman–Crippen MR) is 67.3 cm³/mol. The molecule has 0 aliphatic carbocycles. The lowest BCUT2D eigenvalue weighted by atomic mass is 10.3. The number of anilines is 1. The fourth-order valence-corrected chi connectivity index (χ4v) is 1.47. The zero-order valence-electron chi connectivity index (χ0n) is 9.21. The zero-order valence-corrected chi connectivity index (χ0v) is 10.8. The Morgan fingerprint density at radius 3 is 2.84 bits per heavy atom. The smallest absolute Gasteiger partial charge is 0.349 e. The lowest BCUT2D eigenvalue weighted by molar-refractivity contribution is -0.386. The van der Waals surface area contributed by atoms with Crippen molar-refractivity contribution in [1.82, 2.24) is 9.97 Å². The fraction of sp³-hybridized carbons (Fsp3) is 0. The van der Waals surface area contributed by atoms with Crippen molar-refractivity contribution in [2.45, 2.75) is 0 Å². The first-order chi connectivity index (χ1) is 8.97. The maximum atomic E-state index is 13.3. The first-order valence-electron chi connectivity index (χ1n) is 4.87. The molecule has 2 rings (SSSR count). The summed E-state index contributed by atoms with van der Waals surface area (Å²) in [5.41, 5.74) is 4.87. The normalized spacial score (nSPS) is 10.2. The van der Waals surface area contributed by atoms with E-state index < -0.39 is 16.4 Å². The summed E-state index contributed by atoms with van der Waals surface area (Å²) in [6, 6.07) is 3.89. The molecular weight excluding hydrogens is 323 g/mol. The number of ether oxygens (including phenoxy) is 1. The molecule has 1 aromatic heterocycles. The van der Waals surface area contributed by atoms with Crippen LogP contribution in [-0.2, 0) is 0 Å². The molecule has 0 amide bonds. The highest BCUT2D eigenvalue weighted by Crippen LogP contribution is 2.30. The van der Waals surface area contributed by atoms with Gasteiger partial charge in [-0.25, -0.2) is 9.37 Å². The van der Waals surface area contributed by atoms with Crippen LogP contribution >= 0.6 is 15.9 Å². The van der Waals surface area contributed by atoms with Crippen LogP contribution < -0.4 is 10.5 Å². The topological polar surface area (TPSA) is 104 Å². The second-order valence-electron chi connectivity index (χ2n) is 3.35. The van der Waals surface area contributed by atoms with Gasteiger partial charge in [-0.3, -0.25) is 10.1 Å². The van der Waals surface area contributed by atoms with E-state index in [0.717, 1.165) is 12.3 Å². The molecule has 0 unspecified atom stereocenters. The molecule has 0 bridgehead atoms. The second-order valence-corrected chi connectivity index (χ2v) is 4.21. The van der Waals surface area contributed by atoms with Gasteiger partial charge >= 0.3 is 11.6 Å². The molecular formula is C10H6BrFN4O3. The SMILES string of the molecule is Nc1ncc([N+](=O)[O-])c(Oc2ccc(Br)c(F)c2)n1. The van der Waals surface area contributed by atoms with Gasteiger partial charge in [0.25, 0.3) is 0 Å². The van der Waals surface area contributed by atoms with Crippen molar-refractivity contribution in [3.8, 4) is 11.6 Å². The molecule has 19 heavy (non-hydrogen) atoms. The minimum atomic E-state index is -0.718. The van der Waals surface area contributed by atoms with Gasteiger partial charge in [0.05, 0.1) is 9.40 Å². The Kier molecular flexibility index (Phi) is 3.56. The molecule has 0 radical (unpaired) electrons. The molecule has 2 aromatic rings. The molecule has 98 valence electrons. The quantitative estimate of drug-likeness (QED) is 0.686. The first kappa shape index (κ1) is 13.1. The number of halogens is 2. The summed E-state index contributed by atoms with van der Waals surface area (Å²) >= 11 is 2.98. The van der Waals surface area contributed by atoms with Crippen molar-refractivity contribution >= 4 is 27.6 Å². The van der Waals surface area contributed by atoms with Crippen LogP contribution in [0.15, 0.2) is 28.9 Å². The average molecular weight is 329 g/mol. The Morgan fingerprint density at radius 2 is 2.21 bits per heavy atom. The molecule has 9 heteroatoms. The Hall–Kier alpha value is -2.29. The van der Waals surface area contributed by atoms with Crippen molar-refractivity contribution < 1.29 is 14.1 Å². The molecule has 0 saturated carbocycles. The van der Waals surface area contributed by atoms with Crippen LogP contribution in [0.2, 0.25) is 0 Å². The Bertz CT molecular complexity index is 653. The Morgan fingerprint density at radius 1 is 1.47 bits per heavy atom. The van der Waals surface area contributed by atoms with Crippen LogP contribution in [0.25, 0.3) is 0 Å². The summed E-state index contributed by atoms with van der Waals surface area (Å²) in [6.45, 7) is 0. The maximum absolute atomic E-state index is 13.3. The molecule has 0 atom stereocenters. The molecule has 0 saturated heterocycles. The third-order valence-corrected chi connectivity index (χ3v) is 2.70. The average Bonchev–Trinajstić information content (AvgIpc) is 2.33. The van der Waals surface area contributed by atoms with Crippen LogP contribution in [0.5, 0.6) is 11.6 Å². The molecule has 0 aliphatic heterocycles. The molecule has 2 N–H and O–H groups in total. The number of hydrogen-bond donors (Lipinski definition) is 1. The van der Waals surface area contributed by atoms with E-state index in [-0.39, 0.29) is 22.1 Å². The van der Waals surface area contributed by atoms with Crippen LogP contribution in [0.4, 0.5) is 16.0 Å². The monoisotopic (exact) mass is 328 g/mol. The predicted octanol–water partition coefficient (Wildman–Crippen LogP) is 2.66. The molecule has 1 aromatic carbocycles. The molecule has 0 fully saturated rings. The molecule has 0 spiro atoms. The largest absolute Gasteiger partial charge is 0.433 e. The van der Waals surface area contributed by atoms with E-state index in [1.165, 1.54) is 12.1 Å². The fourth-order valence-electron chi connectivity index (χ4n) is 1.22. The Labute approximate surface area is 114 Å². The first-order valence-corrected chi connectivity index (χ1v) is 5.66. The maximum Gasteiger partial charge on any atom is 0.349 e. The highest BCUT2D eigenvalue weighted by Gasteiger charge is 2.19. The number of benzene rings is 1. The van der Waals surface area contributed by atoms with Crippen LogP contribution in [0.1, 0.15) is 0 Å². The number of nitrogen functional groups attached to an aromatic ring is 1. The van der Waals surface area contributed by atoms with Crippen molar-refractivity contribution in [2.75, 3.05) is 5.73 Å². The van der Waals surface area contributed by atoms with E-state index in [1.807, 2.05) is 0 Å². The lowest BCUT2D eigenvalue weighted by Crippen LogP contribution is -2.01. The minimum absolute atomic E-state index is 0.0573. The highest BCUT2D eigenvalue weighted by atomic mass is 79.9. The molecule has 7 nitrogen and oxygen atoms in total. The van der Waals surface area contributed by atoms with Crippen molar-refractivity contribution in [3.05, 3.63) is 44.8 Å². The number of nitro groups is 1. The second kappa shape index (κ2) is 5.14. The number of hydrogen-bond acceptors (Lipinski definition) is 6. The summed E-state index contributed by atoms with van der Waals surface area (Å²) < 4.78 is 18.7. The number of nitrogens with zero attached hydrogens (tertiary/aromatic N) is 3. The van der Waals surface area contributed by atoms with E-state index in [4.69, 9.17) is 10.5 Å². The van der Waals surface area contributed by atoms with Gasteiger partial charge in [0, 0.05) is 6.07 Å². The highest BCUT2D eigenvalue weighted by molar-refractivity contribution is 9.10. The number of rotatable bonds is 3. The van der Waals surface area contributed by atoms with Gasteiger partial charge in [0.1, 0.15) is 17.8 Å². The van der Waals surface area contributed by atoms with Gasteiger partial charge in [0.2, 0.25) is 5.95 Å². The number of nitrogens with two attached hydrogens (primary N) is 1. The van der Waals surface area contributed by atoms with Crippen molar-refractivity contribution in [1.29, 1.82) is 0 Å². The van der Waals surface area contributed by atoms with E-state index in [0.29, 0.717) is 0 Å². The Balaban J connectivity index is 2.39. The van der Waals surface area contributed by atoms with Gasteiger partial charge in [0.15, 0.2) is 0 Å². The van der Waals surface area contributed by atoms with Gasteiger partial charge in [-0.2, -0.15) is 4.98 Å². The lowest BCUT2D eigenvalue weighted by Gasteiger charge is -2.06. The summed E-state index contributed by atoms with van der Waals surface area (Å²) in [5.74, 6) is -1.04. The van der Waals surface area contributed by atoms with Crippen molar-refractivity contribution in [3.63, 3.8) is 0 Å². The molecule has 0 aliphatic rings. The summed E-state index contributed by atoms with van der Waals surface area (Å²) in [4.78, 5) is 17.2. The molecule has 1 heterocycles. The summed E-state index contributed by atoms with van der Waals surface area (Å²) in [7, 11) is 0. The summed E-state index contributed by atoms with van der Waals surface area (Å²) in [6.07, 6.45) is 0.923. The van der Waals surface area contributed by atoms with Crippen LogP contribution in [0.3, 0.4) is 0 Å². The van der Waals surface area contributed by atoms with Gasteiger partial charge in [-0.05, 0) is 28.1 Å². The van der Waals surface area contributed by atoms with Crippen LogP contribution in [0, 0.1) is 15.9 Å². The van der Waals surface area contributed by atoms with Crippen molar-refractivity contribution in [2.24, 2.45) is 0 Å². The number of aromatic nitrogens is 2. The van der Waals surface area contributed by atoms with Gasteiger partial charge in [-0.15, -0.1) is 0 Å². The van der Waals surface area contributed by atoms with Crippen LogP contribution in [-0.4, -0.2) is 14.9 Å². The minimum Gasteiger partial charge on any atom is -0.433 e. The summed E-state index contributed by atoms with van der Waals surface area (Å²) in [5, 5.41) is 10.8.